The number of anilines is 1. The molecule has 5 rings (SSSR count). The van der Waals surface area contributed by atoms with Gasteiger partial charge in [0.05, 0.1) is 17.3 Å². The molecule has 2 aromatic carbocycles. The van der Waals surface area contributed by atoms with E-state index in [1.54, 1.807) is 6.20 Å². The van der Waals surface area contributed by atoms with Gasteiger partial charge < -0.3 is 15.0 Å². The van der Waals surface area contributed by atoms with Crippen LogP contribution in [0, 0.1) is 0 Å². The lowest BCUT2D eigenvalue weighted by Gasteiger charge is -2.09. The van der Waals surface area contributed by atoms with Gasteiger partial charge in [-0.05, 0) is 29.8 Å². The first-order valence-corrected chi connectivity index (χ1v) is 9.13. The third-order valence-electron chi connectivity index (χ3n) is 4.89. The number of fused-ring (bicyclic) bond motifs is 1. The van der Waals surface area contributed by atoms with Crippen molar-refractivity contribution in [3.8, 4) is 33.9 Å². The molecule has 3 N–H and O–H groups in total. The summed E-state index contributed by atoms with van der Waals surface area (Å²) in [5.74, 6) is 2.00. The van der Waals surface area contributed by atoms with Crippen molar-refractivity contribution in [2.45, 2.75) is 0 Å². The van der Waals surface area contributed by atoms with Gasteiger partial charge in [-0.1, -0.05) is 30.3 Å². The Hall–Kier alpha value is -4.13. The summed E-state index contributed by atoms with van der Waals surface area (Å²) in [5, 5.41) is 7.80. The molecule has 5 aromatic rings. The average molecular weight is 382 g/mol. The van der Waals surface area contributed by atoms with Crippen LogP contribution in [0.25, 0.3) is 33.4 Å². The number of nitrogens with zero attached hydrogens (tertiary/aromatic N) is 4. The predicted octanol–water partition coefficient (Wildman–Crippen LogP) is 4.40. The monoisotopic (exact) mass is 382 g/mol. The van der Waals surface area contributed by atoms with E-state index in [-0.39, 0.29) is 0 Å². The number of nitrogens with one attached hydrogen (secondary N) is 1. The molecule has 0 fully saturated rings. The maximum Gasteiger partial charge on any atom is 0.146 e. The van der Waals surface area contributed by atoms with Crippen molar-refractivity contribution in [1.29, 1.82) is 0 Å². The molecule has 29 heavy (non-hydrogen) atoms. The highest BCUT2D eigenvalue weighted by Gasteiger charge is 2.22. The molecular weight excluding hydrogens is 364 g/mol. The van der Waals surface area contributed by atoms with Crippen LogP contribution in [0.4, 0.5) is 5.82 Å². The Morgan fingerprint density at radius 3 is 2.41 bits per heavy atom. The van der Waals surface area contributed by atoms with Crippen LogP contribution in [-0.2, 0) is 7.05 Å². The summed E-state index contributed by atoms with van der Waals surface area (Å²) in [6.45, 7) is 0. The summed E-state index contributed by atoms with van der Waals surface area (Å²) >= 11 is 0. The van der Waals surface area contributed by atoms with Crippen LogP contribution < -0.4 is 10.5 Å². The summed E-state index contributed by atoms with van der Waals surface area (Å²) < 4.78 is 7.93. The van der Waals surface area contributed by atoms with Crippen LogP contribution >= 0.6 is 0 Å². The number of rotatable bonds is 4. The number of hydrogen-bond acceptors (Lipinski definition) is 5. The second-order valence-electron chi connectivity index (χ2n) is 6.67. The van der Waals surface area contributed by atoms with Gasteiger partial charge in [-0.25, -0.2) is 9.97 Å². The van der Waals surface area contributed by atoms with Gasteiger partial charge in [0.25, 0.3) is 0 Å². The second kappa shape index (κ2) is 6.79. The third-order valence-corrected chi connectivity index (χ3v) is 4.89. The van der Waals surface area contributed by atoms with E-state index in [1.165, 1.54) is 6.33 Å². The Kier molecular flexibility index (Phi) is 3.98. The molecule has 0 aliphatic rings. The molecule has 3 aromatic heterocycles. The Balaban J connectivity index is 1.66. The number of ether oxygens (including phenoxy) is 1. The Labute approximate surface area is 166 Å². The molecule has 142 valence electrons. The molecule has 0 bridgehead atoms. The van der Waals surface area contributed by atoms with Gasteiger partial charge in [-0.15, -0.1) is 0 Å². The quantitative estimate of drug-likeness (QED) is 0.480. The number of nitrogen functional groups attached to an aromatic ring is 1. The van der Waals surface area contributed by atoms with Crippen LogP contribution in [-0.4, -0.2) is 24.7 Å². The fourth-order valence-electron chi connectivity index (χ4n) is 3.59. The summed E-state index contributed by atoms with van der Waals surface area (Å²) in [5.41, 5.74) is 10.9. The van der Waals surface area contributed by atoms with E-state index in [2.05, 4.69) is 20.2 Å². The lowest BCUT2D eigenvalue weighted by atomic mass is 10.0. The minimum atomic E-state index is 0.444. The SMILES string of the molecule is Cn1c(-c2cn[nH]c2)c(-c2ccc(Oc3ccccc3)cc2)c2c(N)ncnc21. The Morgan fingerprint density at radius 1 is 0.931 bits per heavy atom. The van der Waals surface area contributed by atoms with E-state index in [1.807, 2.05) is 72.4 Å². The maximum absolute atomic E-state index is 6.25. The maximum atomic E-state index is 6.25. The molecule has 0 aliphatic heterocycles. The summed E-state index contributed by atoms with van der Waals surface area (Å²) in [7, 11) is 1.97. The van der Waals surface area contributed by atoms with Gasteiger partial charge in [0.2, 0.25) is 0 Å². The molecule has 7 heteroatoms. The van der Waals surface area contributed by atoms with Crippen LogP contribution in [0.5, 0.6) is 11.5 Å². The summed E-state index contributed by atoms with van der Waals surface area (Å²) in [6.07, 6.45) is 5.12. The van der Waals surface area contributed by atoms with Gasteiger partial charge in [-0.3, -0.25) is 5.10 Å². The zero-order chi connectivity index (χ0) is 19.8. The van der Waals surface area contributed by atoms with Gasteiger partial charge in [0.1, 0.15) is 29.3 Å². The van der Waals surface area contributed by atoms with E-state index >= 15 is 0 Å². The first kappa shape index (κ1) is 17.0. The third kappa shape index (κ3) is 2.89. The number of hydrogen-bond donors (Lipinski definition) is 2. The number of aromatic amines is 1. The van der Waals surface area contributed by atoms with Crippen molar-refractivity contribution in [1.82, 2.24) is 24.7 Å². The number of aryl methyl sites for hydroxylation is 1. The lowest BCUT2D eigenvalue weighted by Crippen LogP contribution is -1.95. The largest absolute Gasteiger partial charge is 0.457 e. The van der Waals surface area contributed by atoms with Crippen molar-refractivity contribution in [2.24, 2.45) is 7.05 Å². The summed E-state index contributed by atoms with van der Waals surface area (Å²) in [4.78, 5) is 8.66. The fraction of sp³-hybridized carbons (Fsp3) is 0.0455. The molecular formula is C22H18N6O. The molecule has 0 atom stereocenters. The van der Waals surface area contributed by atoms with Crippen LogP contribution in [0.2, 0.25) is 0 Å². The molecule has 0 radical (unpaired) electrons. The van der Waals surface area contributed by atoms with Gasteiger partial charge in [0.15, 0.2) is 0 Å². The van der Waals surface area contributed by atoms with E-state index in [4.69, 9.17) is 10.5 Å². The van der Waals surface area contributed by atoms with E-state index in [0.29, 0.717) is 5.82 Å². The van der Waals surface area contributed by atoms with Crippen LogP contribution in [0.3, 0.4) is 0 Å². The zero-order valence-electron chi connectivity index (χ0n) is 15.7. The number of nitrogens with two attached hydrogens (primary N) is 1. The number of para-hydroxylation sites is 1. The molecule has 0 spiro atoms. The normalized spacial score (nSPS) is 11.1. The lowest BCUT2D eigenvalue weighted by molar-refractivity contribution is 0.483. The molecule has 0 unspecified atom stereocenters. The smallest absolute Gasteiger partial charge is 0.146 e. The second-order valence-corrected chi connectivity index (χ2v) is 6.67. The van der Waals surface area contributed by atoms with Crippen molar-refractivity contribution < 1.29 is 4.74 Å². The van der Waals surface area contributed by atoms with Gasteiger partial charge in [0, 0.05) is 24.4 Å². The Morgan fingerprint density at radius 2 is 1.69 bits per heavy atom. The van der Waals surface area contributed by atoms with Crippen molar-refractivity contribution >= 4 is 16.9 Å². The average Bonchev–Trinajstić information content (AvgIpc) is 3.37. The fourth-order valence-corrected chi connectivity index (χ4v) is 3.59. The van der Waals surface area contributed by atoms with Crippen molar-refractivity contribution in [3.63, 3.8) is 0 Å². The predicted molar refractivity (Wildman–Crippen MR) is 112 cm³/mol. The van der Waals surface area contributed by atoms with E-state index < -0.39 is 0 Å². The molecule has 0 saturated carbocycles. The number of benzene rings is 2. The minimum Gasteiger partial charge on any atom is -0.457 e. The summed E-state index contributed by atoms with van der Waals surface area (Å²) in [6, 6.07) is 17.6. The highest BCUT2D eigenvalue weighted by Crippen LogP contribution is 2.41. The highest BCUT2D eigenvalue weighted by atomic mass is 16.5. The Bertz CT molecular complexity index is 1270. The van der Waals surface area contributed by atoms with Gasteiger partial charge in [-0.2, -0.15) is 5.10 Å². The molecule has 3 heterocycles. The topological polar surface area (TPSA) is 94.6 Å². The van der Waals surface area contributed by atoms with Crippen LogP contribution in [0.1, 0.15) is 0 Å². The first-order chi connectivity index (χ1) is 14.2. The molecule has 0 saturated heterocycles. The minimum absolute atomic E-state index is 0.444. The highest BCUT2D eigenvalue weighted by molar-refractivity contribution is 6.07. The standard InChI is InChI=1S/C22H18N6O/c1-28-20(15-11-26-27-12-15)18(19-21(23)24-13-25-22(19)28)14-7-9-17(10-8-14)29-16-5-3-2-4-6-16/h2-13H,1H3,(H,26,27)(H2,23,24,25). The molecule has 0 aliphatic carbocycles. The number of aromatic nitrogens is 5. The zero-order valence-corrected chi connectivity index (χ0v) is 15.7. The molecule has 7 nitrogen and oxygen atoms in total. The van der Waals surface area contributed by atoms with Gasteiger partial charge >= 0.3 is 0 Å². The number of H-pyrrole nitrogens is 1. The molecule has 0 amide bonds. The van der Waals surface area contributed by atoms with Crippen LogP contribution in [0.15, 0.2) is 73.3 Å². The van der Waals surface area contributed by atoms with E-state index in [9.17, 15) is 0 Å². The van der Waals surface area contributed by atoms with E-state index in [0.717, 1.165) is 44.9 Å². The van der Waals surface area contributed by atoms with Crippen molar-refractivity contribution in [2.75, 3.05) is 5.73 Å². The van der Waals surface area contributed by atoms with Crippen molar-refractivity contribution in [3.05, 3.63) is 73.3 Å². The first-order valence-electron chi connectivity index (χ1n) is 9.13.